The van der Waals surface area contributed by atoms with Crippen molar-refractivity contribution in [2.24, 2.45) is 11.0 Å². The number of phenolic OH excluding ortho intramolecular Hbond substituents is 1. The fourth-order valence-electron chi connectivity index (χ4n) is 4.28. The molecule has 1 N–H and O–H groups in total. The van der Waals surface area contributed by atoms with Crippen LogP contribution in [0.15, 0.2) is 84.0 Å². The largest absolute Gasteiger partial charge is 0.508 e. The number of hydrogen-bond donors (Lipinski definition) is 1. The molecule has 0 aromatic heterocycles. The minimum absolute atomic E-state index is 0.0687. The molecule has 4 heteroatoms. The molecule has 0 saturated heterocycles. The molecule has 2 unspecified atom stereocenters. The van der Waals surface area contributed by atoms with Gasteiger partial charge in [-0.15, -0.1) is 0 Å². The quantitative estimate of drug-likeness (QED) is 0.520. The molecule has 0 fully saturated rings. The van der Waals surface area contributed by atoms with E-state index in [0.717, 1.165) is 28.8 Å². The Morgan fingerprint density at radius 3 is 2.28 bits per heavy atom. The summed E-state index contributed by atoms with van der Waals surface area (Å²) < 4.78 is 0. The van der Waals surface area contributed by atoms with Crippen LogP contribution < -0.4 is 0 Å². The first-order valence-electron chi connectivity index (χ1n) is 11.3. The van der Waals surface area contributed by atoms with Crippen LogP contribution in [0.4, 0.5) is 0 Å². The SMILES string of the molecule is CC(C)Cc1ccc(C(C)C(=O)N2N=C(c3ccccc3)CC2c2ccccc2O)cc1. The molecule has 0 bridgehead atoms. The standard InChI is InChI=1S/C28H30N2O2/c1-19(2)17-21-13-15-22(16-14-21)20(3)28(32)30-26(24-11-7-8-12-27(24)31)18-25(29-30)23-9-5-4-6-10-23/h4-16,19-20,26,31H,17-18H2,1-3H3. The van der Waals surface area contributed by atoms with Gasteiger partial charge in [-0.25, -0.2) is 5.01 Å². The minimum Gasteiger partial charge on any atom is -0.508 e. The molecule has 4 rings (SSSR count). The van der Waals surface area contributed by atoms with Crippen molar-refractivity contribution in [3.63, 3.8) is 0 Å². The third-order valence-electron chi connectivity index (χ3n) is 6.03. The van der Waals surface area contributed by atoms with Gasteiger partial charge in [-0.05, 0) is 42.0 Å². The van der Waals surface area contributed by atoms with Crippen LogP contribution in [0.1, 0.15) is 61.4 Å². The summed E-state index contributed by atoms with van der Waals surface area (Å²) >= 11 is 0. The van der Waals surface area contributed by atoms with Crippen molar-refractivity contribution in [2.75, 3.05) is 0 Å². The van der Waals surface area contributed by atoms with Crippen molar-refractivity contribution < 1.29 is 9.90 Å². The second-order valence-electron chi connectivity index (χ2n) is 8.94. The first-order valence-corrected chi connectivity index (χ1v) is 11.3. The van der Waals surface area contributed by atoms with E-state index in [0.29, 0.717) is 12.3 Å². The molecule has 0 saturated carbocycles. The molecular weight excluding hydrogens is 396 g/mol. The van der Waals surface area contributed by atoms with Gasteiger partial charge in [-0.2, -0.15) is 5.10 Å². The number of aromatic hydroxyl groups is 1. The van der Waals surface area contributed by atoms with E-state index < -0.39 is 0 Å². The summed E-state index contributed by atoms with van der Waals surface area (Å²) in [5.74, 6) is 0.371. The summed E-state index contributed by atoms with van der Waals surface area (Å²) in [6, 6.07) is 25.1. The monoisotopic (exact) mass is 426 g/mol. The summed E-state index contributed by atoms with van der Waals surface area (Å²) in [6.07, 6.45) is 1.59. The van der Waals surface area contributed by atoms with Crippen LogP contribution in [-0.4, -0.2) is 21.7 Å². The number of para-hydroxylation sites is 1. The number of hydrogen-bond acceptors (Lipinski definition) is 3. The Hall–Kier alpha value is -3.40. The molecule has 2 atom stereocenters. The van der Waals surface area contributed by atoms with Gasteiger partial charge in [0, 0.05) is 12.0 Å². The van der Waals surface area contributed by atoms with E-state index in [-0.39, 0.29) is 23.6 Å². The summed E-state index contributed by atoms with van der Waals surface area (Å²) in [4.78, 5) is 13.6. The number of carbonyl (C=O) groups excluding carboxylic acids is 1. The zero-order valence-electron chi connectivity index (χ0n) is 18.9. The summed E-state index contributed by atoms with van der Waals surface area (Å²) in [5.41, 5.74) is 4.82. The van der Waals surface area contributed by atoms with E-state index in [1.807, 2.05) is 61.5 Å². The maximum Gasteiger partial charge on any atom is 0.250 e. The van der Waals surface area contributed by atoms with Crippen LogP contribution in [-0.2, 0) is 11.2 Å². The number of amides is 1. The van der Waals surface area contributed by atoms with Crippen molar-refractivity contribution in [1.82, 2.24) is 5.01 Å². The molecule has 0 spiro atoms. The highest BCUT2D eigenvalue weighted by atomic mass is 16.3. The molecule has 1 aliphatic rings. The van der Waals surface area contributed by atoms with Crippen molar-refractivity contribution in [2.45, 2.75) is 45.6 Å². The average molecular weight is 427 g/mol. The smallest absolute Gasteiger partial charge is 0.250 e. The minimum atomic E-state index is -0.338. The number of nitrogens with zero attached hydrogens (tertiary/aromatic N) is 2. The summed E-state index contributed by atoms with van der Waals surface area (Å²) in [7, 11) is 0. The lowest BCUT2D eigenvalue weighted by molar-refractivity contribution is -0.134. The molecule has 1 aliphatic heterocycles. The van der Waals surface area contributed by atoms with Gasteiger partial charge in [0.2, 0.25) is 0 Å². The van der Waals surface area contributed by atoms with Gasteiger partial charge in [-0.3, -0.25) is 4.79 Å². The fourth-order valence-corrected chi connectivity index (χ4v) is 4.28. The van der Waals surface area contributed by atoms with Crippen molar-refractivity contribution in [3.8, 4) is 5.75 Å². The Labute approximate surface area is 190 Å². The van der Waals surface area contributed by atoms with Crippen LogP contribution in [0, 0.1) is 5.92 Å². The number of benzene rings is 3. The first-order chi connectivity index (χ1) is 15.4. The predicted molar refractivity (Wildman–Crippen MR) is 129 cm³/mol. The van der Waals surface area contributed by atoms with E-state index in [1.54, 1.807) is 17.1 Å². The topological polar surface area (TPSA) is 52.9 Å². The van der Waals surface area contributed by atoms with E-state index in [9.17, 15) is 9.90 Å². The molecular formula is C28H30N2O2. The highest BCUT2D eigenvalue weighted by molar-refractivity contribution is 6.03. The van der Waals surface area contributed by atoms with Crippen molar-refractivity contribution in [1.29, 1.82) is 0 Å². The van der Waals surface area contributed by atoms with Crippen LogP contribution in [0.2, 0.25) is 0 Å². The summed E-state index contributed by atoms with van der Waals surface area (Å²) in [5, 5.41) is 16.8. The second kappa shape index (κ2) is 9.39. The number of carbonyl (C=O) groups is 1. The Balaban J connectivity index is 1.64. The lowest BCUT2D eigenvalue weighted by Gasteiger charge is -2.25. The molecule has 1 heterocycles. The van der Waals surface area contributed by atoms with Crippen LogP contribution in [0.25, 0.3) is 0 Å². The van der Waals surface area contributed by atoms with Gasteiger partial charge in [0.25, 0.3) is 5.91 Å². The average Bonchev–Trinajstić information content (AvgIpc) is 3.24. The third-order valence-corrected chi connectivity index (χ3v) is 6.03. The van der Waals surface area contributed by atoms with Gasteiger partial charge in [0.05, 0.1) is 17.7 Å². The highest BCUT2D eigenvalue weighted by Crippen LogP contribution is 2.38. The number of hydrazone groups is 1. The molecule has 32 heavy (non-hydrogen) atoms. The first kappa shape index (κ1) is 21.8. The van der Waals surface area contributed by atoms with Gasteiger partial charge < -0.3 is 5.11 Å². The van der Waals surface area contributed by atoms with Crippen molar-refractivity contribution in [3.05, 3.63) is 101 Å². The Morgan fingerprint density at radius 2 is 1.62 bits per heavy atom. The van der Waals surface area contributed by atoms with Gasteiger partial charge in [0.15, 0.2) is 0 Å². The molecule has 1 amide bonds. The van der Waals surface area contributed by atoms with Crippen LogP contribution in [0.3, 0.4) is 0 Å². The normalized spacial score (nSPS) is 16.8. The second-order valence-corrected chi connectivity index (χ2v) is 8.94. The van der Waals surface area contributed by atoms with Gasteiger partial charge >= 0.3 is 0 Å². The molecule has 3 aromatic rings. The predicted octanol–water partition coefficient (Wildman–Crippen LogP) is 6.07. The maximum absolute atomic E-state index is 13.6. The number of phenols is 1. The third kappa shape index (κ3) is 4.59. The molecule has 164 valence electrons. The molecule has 3 aromatic carbocycles. The van der Waals surface area contributed by atoms with Crippen LogP contribution >= 0.6 is 0 Å². The van der Waals surface area contributed by atoms with E-state index in [4.69, 9.17) is 5.10 Å². The summed E-state index contributed by atoms with van der Waals surface area (Å²) in [6.45, 7) is 6.33. The zero-order chi connectivity index (χ0) is 22.7. The number of rotatable bonds is 6. The Bertz CT molecular complexity index is 1100. The fraction of sp³-hybridized carbons (Fsp3) is 0.286. The molecule has 0 radical (unpaired) electrons. The Kier molecular flexibility index (Phi) is 6.40. The van der Waals surface area contributed by atoms with E-state index in [1.165, 1.54) is 5.56 Å². The Morgan fingerprint density at radius 1 is 0.969 bits per heavy atom. The lowest BCUT2D eigenvalue weighted by Crippen LogP contribution is -2.30. The van der Waals surface area contributed by atoms with Gasteiger partial charge in [0.1, 0.15) is 5.75 Å². The van der Waals surface area contributed by atoms with Crippen LogP contribution in [0.5, 0.6) is 5.75 Å². The maximum atomic E-state index is 13.6. The van der Waals surface area contributed by atoms with E-state index in [2.05, 4.69) is 26.0 Å². The lowest BCUT2D eigenvalue weighted by atomic mass is 9.94. The molecule has 4 nitrogen and oxygen atoms in total. The van der Waals surface area contributed by atoms with Crippen molar-refractivity contribution >= 4 is 11.6 Å². The highest BCUT2D eigenvalue weighted by Gasteiger charge is 2.36. The van der Waals surface area contributed by atoms with Gasteiger partial charge in [-0.1, -0.05) is 86.6 Å². The zero-order valence-corrected chi connectivity index (χ0v) is 18.9. The van der Waals surface area contributed by atoms with E-state index >= 15 is 0 Å². The molecule has 0 aliphatic carbocycles.